The summed E-state index contributed by atoms with van der Waals surface area (Å²) < 4.78 is 32.4. The molecule has 0 radical (unpaired) electrons. The lowest BCUT2D eigenvalue weighted by Crippen LogP contribution is -2.27. The van der Waals surface area contributed by atoms with E-state index < -0.39 is 10.0 Å². The number of hydrogen-bond acceptors (Lipinski definition) is 4. The van der Waals surface area contributed by atoms with Gasteiger partial charge in [-0.2, -0.15) is 0 Å². The Kier molecular flexibility index (Phi) is 4.13. The number of benzene rings is 1. The fraction of sp³-hybridized carbons (Fsp3) is 0.538. The summed E-state index contributed by atoms with van der Waals surface area (Å²) in [7, 11) is -3.46. The van der Waals surface area contributed by atoms with Gasteiger partial charge in [0, 0.05) is 18.2 Å². The van der Waals surface area contributed by atoms with Crippen molar-refractivity contribution in [2.24, 2.45) is 11.7 Å². The maximum atomic E-state index is 12.2. The van der Waals surface area contributed by atoms with Gasteiger partial charge in [0.05, 0.1) is 11.5 Å². The zero-order valence-corrected chi connectivity index (χ0v) is 12.0. The van der Waals surface area contributed by atoms with Gasteiger partial charge in [-0.1, -0.05) is 6.92 Å². The average molecular weight is 284 g/mol. The third-order valence-corrected chi connectivity index (χ3v) is 4.77. The van der Waals surface area contributed by atoms with Crippen molar-refractivity contribution in [3.63, 3.8) is 0 Å². The molecule has 6 heteroatoms. The predicted octanol–water partition coefficient (Wildman–Crippen LogP) is 1.23. The molecule has 1 aromatic carbocycles. The average Bonchev–Trinajstić information content (AvgIpc) is 3.04. The highest BCUT2D eigenvalue weighted by atomic mass is 32.2. The molecule has 0 saturated heterocycles. The van der Waals surface area contributed by atoms with Gasteiger partial charge in [0.25, 0.3) is 0 Å². The quantitative estimate of drug-likeness (QED) is 0.823. The van der Waals surface area contributed by atoms with Crippen LogP contribution in [0.4, 0.5) is 0 Å². The first-order chi connectivity index (χ1) is 8.97. The lowest BCUT2D eigenvalue weighted by Gasteiger charge is -2.11. The Morgan fingerprint density at radius 1 is 1.47 bits per heavy atom. The van der Waals surface area contributed by atoms with E-state index in [9.17, 15) is 8.42 Å². The fourth-order valence-electron chi connectivity index (χ4n) is 1.93. The zero-order valence-electron chi connectivity index (χ0n) is 11.2. The highest BCUT2D eigenvalue weighted by molar-refractivity contribution is 7.89. The molecule has 1 aliphatic carbocycles. The van der Waals surface area contributed by atoms with Crippen LogP contribution in [0, 0.1) is 5.92 Å². The smallest absolute Gasteiger partial charge is 0.240 e. The van der Waals surface area contributed by atoms with Crippen molar-refractivity contribution in [1.82, 2.24) is 4.72 Å². The van der Waals surface area contributed by atoms with Gasteiger partial charge in [-0.15, -0.1) is 0 Å². The summed E-state index contributed by atoms with van der Waals surface area (Å²) in [4.78, 5) is 0.246. The van der Waals surface area contributed by atoms with Crippen LogP contribution in [-0.4, -0.2) is 21.1 Å². The number of nitrogens with two attached hydrogens (primary N) is 1. The molecule has 0 spiro atoms. The largest absolute Gasteiger partial charge is 0.494 e. The second-order valence-corrected chi connectivity index (χ2v) is 6.56. The molecule has 1 aliphatic rings. The molecule has 5 nitrogen and oxygen atoms in total. The molecule has 3 N–H and O–H groups in total. The SMILES string of the molecule is CCOc1ccc(S(=O)(=O)NC2CC2C)cc1CN. The Hall–Kier alpha value is -1.11. The molecule has 0 aromatic heterocycles. The van der Waals surface area contributed by atoms with E-state index in [4.69, 9.17) is 10.5 Å². The summed E-state index contributed by atoms with van der Waals surface area (Å²) in [6.07, 6.45) is 0.903. The van der Waals surface area contributed by atoms with E-state index in [2.05, 4.69) is 4.72 Å². The summed E-state index contributed by atoms with van der Waals surface area (Å²) >= 11 is 0. The van der Waals surface area contributed by atoms with Gasteiger partial charge in [-0.25, -0.2) is 13.1 Å². The van der Waals surface area contributed by atoms with E-state index in [1.54, 1.807) is 18.2 Å². The molecule has 1 fully saturated rings. The molecule has 0 bridgehead atoms. The van der Waals surface area contributed by atoms with Crippen molar-refractivity contribution in [2.45, 2.75) is 37.8 Å². The van der Waals surface area contributed by atoms with Crippen LogP contribution >= 0.6 is 0 Å². The highest BCUT2D eigenvalue weighted by Gasteiger charge is 2.36. The highest BCUT2D eigenvalue weighted by Crippen LogP contribution is 2.31. The predicted molar refractivity (Wildman–Crippen MR) is 73.4 cm³/mol. The molecule has 2 atom stereocenters. The van der Waals surface area contributed by atoms with Gasteiger partial charge in [0.1, 0.15) is 5.75 Å². The molecule has 1 aromatic rings. The minimum Gasteiger partial charge on any atom is -0.494 e. The van der Waals surface area contributed by atoms with Gasteiger partial charge in [0.2, 0.25) is 10.0 Å². The van der Waals surface area contributed by atoms with Crippen LogP contribution in [-0.2, 0) is 16.6 Å². The number of ether oxygens (including phenoxy) is 1. The van der Waals surface area contributed by atoms with Gasteiger partial charge in [0.15, 0.2) is 0 Å². The second-order valence-electron chi connectivity index (χ2n) is 4.85. The van der Waals surface area contributed by atoms with Crippen LogP contribution in [0.3, 0.4) is 0 Å². The third-order valence-electron chi connectivity index (χ3n) is 3.28. The molecule has 2 rings (SSSR count). The van der Waals surface area contributed by atoms with Crippen LogP contribution in [0.25, 0.3) is 0 Å². The Bertz CT molecular complexity index is 557. The van der Waals surface area contributed by atoms with Crippen molar-refractivity contribution in [3.05, 3.63) is 23.8 Å². The maximum absolute atomic E-state index is 12.2. The van der Waals surface area contributed by atoms with E-state index in [0.717, 1.165) is 6.42 Å². The molecule has 0 amide bonds. The first kappa shape index (κ1) is 14.3. The Morgan fingerprint density at radius 3 is 2.68 bits per heavy atom. The minimum absolute atomic E-state index is 0.0675. The van der Waals surface area contributed by atoms with E-state index in [-0.39, 0.29) is 17.5 Å². The van der Waals surface area contributed by atoms with Gasteiger partial charge in [-0.05, 0) is 37.5 Å². The molecule has 2 unspecified atom stereocenters. The second kappa shape index (κ2) is 5.48. The maximum Gasteiger partial charge on any atom is 0.240 e. The van der Waals surface area contributed by atoms with Crippen LogP contribution in [0.1, 0.15) is 25.8 Å². The van der Waals surface area contributed by atoms with Crippen molar-refractivity contribution in [1.29, 1.82) is 0 Å². The van der Waals surface area contributed by atoms with Crippen molar-refractivity contribution in [3.8, 4) is 5.75 Å². The topological polar surface area (TPSA) is 81.4 Å². The van der Waals surface area contributed by atoms with Gasteiger partial charge in [-0.3, -0.25) is 0 Å². The summed E-state index contributed by atoms with van der Waals surface area (Å²) in [5.74, 6) is 1.06. The molecule has 19 heavy (non-hydrogen) atoms. The van der Waals surface area contributed by atoms with Crippen LogP contribution in [0.2, 0.25) is 0 Å². The van der Waals surface area contributed by atoms with Crippen molar-refractivity contribution >= 4 is 10.0 Å². The molecular formula is C13H20N2O3S. The van der Waals surface area contributed by atoms with Crippen LogP contribution in [0.15, 0.2) is 23.1 Å². The number of rotatable bonds is 6. The normalized spacial score (nSPS) is 22.3. The van der Waals surface area contributed by atoms with Gasteiger partial charge < -0.3 is 10.5 Å². The number of sulfonamides is 1. The standard InChI is InChI=1S/C13H20N2O3S/c1-3-18-13-5-4-11(7-10(13)8-14)19(16,17)15-12-6-9(12)2/h4-5,7,9,12,15H,3,6,8,14H2,1-2H3. The third kappa shape index (κ3) is 3.26. The number of hydrogen-bond donors (Lipinski definition) is 2. The van der Waals surface area contributed by atoms with E-state index in [0.29, 0.717) is 23.8 Å². The van der Waals surface area contributed by atoms with E-state index in [1.807, 2.05) is 13.8 Å². The lowest BCUT2D eigenvalue weighted by atomic mass is 10.2. The van der Waals surface area contributed by atoms with Crippen molar-refractivity contribution < 1.29 is 13.2 Å². The minimum atomic E-state index is -3.46. The summed E-state index contributed by atoms with van der Waals surface area (Å²) in [6, 6.07) is 4.87. The van der Waals surface area contributed by atoms with Crippen LogP contribution in [0.5, 0.6) is 5.75 Å². The lowest BCUT2D eigenvalue weighted by molar-refractivity contribution is 0.336. The summed E-state index contributed by atoms with van der Waals surface area (Å²) in [5, 5.41) is 0. The summed E-state index contributed by atoms with van der Waals surface area (Å²) in [6.45, 7) is 4.67. The molecular weight excluding hydrogens is 264 g/mol. The van der Waals surface area contributed by atoms with E-state index >= 15 is 0 Å². The molecule has 0 heterocycles. The van der Waals surface area contributed by atoms with E-state index in [1.165, 1.54) is 0 Å². The summed E-state index contributed by atoms with van der Waals surface area (Å²) in [5.41, 5.74) is 6.34. The number of nitrogens with one attached hydrogen (secondary N) is 1. The van der Waals surface area contributed by atoms with Crippen LogP contribution < -0.4 is 15.2 Å². The van der Waals surface area contributed by atoms with Crippen molar-refractivity contribution in [2.75, 3.05) is 6.61 Å². The molecule has 0 aliphatic heterocycles. The Balaban J connectivity index is 2.24. The first-order valence-electron chi connectivity index (χ1n) is 6.46. The Morgan fingerprint density at radius 2 is 2.16 bits per heavy atom. The first-order valence-corrected chi connectivity index (χ1v) is 7.94. The Labute approximate surface area is 114 Å². The van der Waals surface area contributed by atoms with Gasteiger partial charge >= 0.3 is 0 Å². The zero-order chi connectivity index (χ0) is 14.0. The molecule has 1 saturated carbocycles. The monoisotopic (exact) mass is 284 g/mol. The molecule has 106 valence electrons. The fourth-order valence-corrected chi connectivity index (χ4v) is 3.34.